The molecule has 8 heteroatoms. The van der Waals surface area contributed by atoms with E-state index in [9.17, 15) is 14.4 Å². The number of H-pyrrole nitrogens is 1. The third-order valence-electron chi connectivity index (χ3n) is 10.8. The predicted octanol–water partition coefficient (Wildman–Crippen LogP) is 6.88. The van der Waals surface area contributed by atoms with Crippen LogP contribution in [-0.2, 0) is 38.5 Å². The van der Waals surface area contributed by atoms with E-state index in [0.29, 0.717) is 18.3 Å². The fourth-order valence-electron chi connectivity index (χ4n) is 8.70. The highest BCUT2D eigenvalue weighted by molar-refractivity contribution is 5.92. The molecule has 0 aliphatic heterocycles. The molecule has 1 aromatic heterocycles. The number of hydrogen-bond acceptors (Lipinski definition) is 5. The van der Waals surface area contributed by atoms with Gasteiger partial charge < -0.3 is 25.1 Å². The summed E-state index contributed by atoms with van der Waals surface area (Å²) in [5.74, 6) is 1.53. The summed E-state index contributed by atoms with van der Waals surface area (Å²) < 4.78 is 11.8. The van der Waals surface area contributed by atoms with Crippen LogP contribution in [-0.4, -0.2) is 40.6 Å². The van der Waals surface area contributed by atoms with Gasteiger partial charge in [-0.3, -0.25) is 9.59 Å². The van der Waals surface area contributed by atoms with Crippen molar-refractivity contribution in [2.75, 3.05) is 0 Å². The van der Waals surface area contributed by atoms with Crippen LogP contribution in [0.1, 0.15) is 62.1 Å². The normalized spacial score (nSPS) is 24.4. The van der Waals surface area contributed by atoms with Gasteiger partial charge in [-0.1, -0.05) is 78.9 Å². The molecule has 4 bridgehead atoms. The zero-order valence-electron chi connectivity index (χ0n) is 27.5. The molecule has 250 valence electrons. The zero-order valence-corrected chi connectivity index (χ0v) is 27.5. The molecule has 48 heavy (non-hydrogen) atoms. The van der Waals surface area contributed by atoms with Crippen LogP contribution in [0.25, 0.3) is 10.9 Å². The van der Waals surface area contributed by atoms with Gasteiger partial charge in [0.2, 0.25) is 5.91 Å². The van der Waals surface area contributed by atoms with Crippen LogP contribution in [0.4, 0.5) is 4.79 Å². The molecule has 8 rings (SSSR count). The Morgan fingerprint density at radius 1 is 0.833 bits per heavy atom. The number of aromatic nitrogens is 1. The van der Waals surface area contributed by atoms with Crippen LogP contribution in [0.5, 0.6) is 0 Å². The Labute approximate surface area is 282 Å². The van der Waals surface area contributed by atoms with Crippen LogP contribution in [0.15, 0.2) is 91.1 Å². The molecule has 2 atom stereocenters. The number of ether oxygens (including phenoxy) is 2. The third kappa shape index (κ3) is 7.28. The van der Waals surface area contributed by atoms with Crippen molar-refractivity contribution in [3.05, 3.63) is 108 Å². The van der Waals surface area contributed by atoms with E-state index in [1.54, 1.807) is 6.92 Å². The maximum Gasteiger partial charge on any atom is 0.408 e. The number of carbonyl (C=O) groups is 3. The molecule has 0 saturated heterocycles. The van der Waals surface area contributed by atoms with Crippen LogP contribution < -0.4 is 10.6 Å². The quantitative estimate of drug-likeness (QED) is 0.145. The number of nitrogens with one attached hydrogen (secondary N) is 3. The first kappa shape index (κ1) is 32.0. The summed E-state index contributed by atoms with van der Waals surface area (Å²) in [4.78, 5) is 44.5. The Bertz CT molecular complexity index is 1710. The monoisotopic (exact) mass is 647 g/mol. The number of esters is 1. The molecule has 8 nitrogen and oxygen atoms in total. The largest absolute Gasteiger partial charge is 0.461 e. The lowest BCUT2D eigenvalue weighted by Crippen LogP contribution is -2.61. The maximum atomic E-state index is 14.4. The summed E-state index contributed by atoms with van der Waals surface area (Å²) >= 11 is 0. The van der Waals surface area contributed by atoms with Gasteiger partial charge in [-0.05, 0) is 91.9 Å². The number of hydrogen-bond donors (Lipinski definition) is 3. The van der Waals surface area contributed by atoms with Crippen molar-refractivity contribution in [1.82, 2.24) is 15.6 Å². The fourth-order valence-corrected chi connectivity index (χ4v) is 8.70. The van der Waals surface area contributed by atoms with Crippen molar-refractivity contribution in [1.29, 1.82) is 0 Å². The number of aromatic amines is 1. The van der Waals surface area contributed by atoms with Gasteiger partial charge in [0.1, 0.15) is 18.2 Å². The molecular formula is C40H45N3O5. The number of alkyl carbamates (subject to hydrolysis) is 1. The first-order chi connectivity index (χ1) is 23.3. The van der Waals surface area contributed by atoms with E-state index in [2.05, 4.69) is 15.6 Å². The van der Waals surface area contributed by atoms with E-state index < -0.39 is 23.6 Å². The smallest absolute Gasteiger partial charge is 0.408 e. The number of amides is 2. The summed E-state index contributed by atoms with van der Waals surface area (Å²) in [5, 5.41) is 7.14. The van der Waals surface area contributed by atoms with Gasteiger partial charge in [-0.15, -0.1) is 0 Å². The van der Waals surface area contributed by atoms with Crippen LogP contribution in [0.2, 0.25) is 0 Å². The molecule has 4 aromatic rings. The van der Waals surface area contributed by atoms with Gasteiger partial charge in [0.15, 0.2) is 0 Å². The van der Waals surface area contributed by atoms with Gasteiger partial charge in [0.25, 0.3) is 0 Å². The summed E-state index contributed by atoms with van der Waals surface area (Å²) in [7, 11) is 0. The van der Waals surface area contributed by atoms with Gasteiger partial charge in [-0.2, -0.15) is 0 Å². The minimum Gasteiger partial charge on any atom is -0.461 e. The second-order valence-corrected chi connectivity index (χ2v) is 14.5. The minimum absolute atomic E-state index is 0.0190. The van der Waals surface area contributed by atoms with Crippen LogP contribution in [0.3, 0.4) is 0 Å². The van der Waals surface area contributed by atoms with E-state index in [-0.39, 0.29) is 31.5 Å². The summed E-state index contributed by atoms with van der Waals surface area (Å²) in [6.07, 6.45) is 7.68. The molecule has 4 aliphatic carbocycles. The topological polar surface area (TPSA) is 110 Å². The van der Waals surface area contributed by atoms with Crippen molar-refractivity contribution in [3.8, 4) is 0 Å². The van der Waals surface area contributed by atoms with Crippen molar-refractivity contribution >= 4 is 28.9 Å². The number of rotatable bonds is 12. The van der Waals surface area contributed by atoms with Crippen LogP contribution >= 0.6 is 0 Å². The van der Waals surface area contributed by atoms with Crippen molar-refractivity contribution < 1.29 is 23.9 Å². The first-order valence-corrected chi connectivity index (χ1v) is 17.4. The van der Waals surface area contributed by atoms with E-state index in [1.165, 1.54) is 6.42 Å². The lowest BCUT2D eigenvalue weighted by molar-refractivity contribution is -0.145. The van der Waals surface area contributed by atoms with Gasteiger partial charge in [0, 0.05) is 29.6 Å². The number of carbonyl (C=O) groups excluding carboxylic acids is 3. The van der Waals surface area contributed by atoms with Crippen molar-refractivity contribution in [2.24, 2.45) is 23.7 Å². The molecule has 3 aromatic carbocycles. The summed E-state index contributed by atoms with van der Waals surface area (Å²) in [6.45, 7) is 1.90. The molecule has 4 fully saturated rings. The average molecular weight is 648 g/mol. The van der Waals surface area contributed by atoms with Crippen molar-refractivity contribution in [3.63, 3.8) is 0 Å². The molecule has 2 amide bonds. The van der Waals surface area contributed by atoms with E-state index >= 15 is 0 Å². The molecule has 0 radical (unpaired) electrons. The highest BCUT2D eigenvalue weighted by Gasteiger charge is 2.50. The fraction of sp³-hybridized carbons (Fsp3) is 0.425. The number of para-hydroxylation sites is 1. The lowest BCUT2D eigenvalue weighted by atomic mass is 9.55. The maximum absolute atomic E-state index is 14.4. The standard InChI is InChI=1S/C40H45N3O5/c1-40(23-32-24-41-35-15-9-8-14-34(32)35,43-39(46)48-37-30-17-28-16-29(19-30)20-31(37)18-28)38(45)42-33(21-26-10-4-2-5-11-26)22-36(44)47-25-27-12-6-3-7-13-27/h2-15,24,28-31,33,37,41H,16-23,25H2,1H3,(H,42,45)(H,43,46)/t28?,29?,30?,31?,33-,37?,40-/m0/s1. The lowest BCUT2D eigenvalue weighted by Gasteiger charge is -2.53. The Hall–Kier alpha value is -4.59. The zero-order chi connectivity index (χ0) is 33.1. The molecule has 1 heterocycles. The van der Waals surface area contributed by atoms with Gasteiger partial charge >= 0.3 is 12.1 Å². The van der Waals surface area contributed by atoms with Gasteiger partial charge in [-0.25, -0.2) is 4.79 Å². The van der Waals surface area contributed by atoms with Crippen LogP contribution in [0, 0.1) is 23.7 Å². The molecular weight excluding hydrogens is 602 g/mol. The minimum atomic E-state index is -1.36. The third-order valence-corrected chi connectivity index (χ3v) is 10.8. The Morgan fingerprint density at radius 2 is 1.46 bits per heavy atom. The van der Waals surface area contributed by atoms with E-state index in [0.717, 1.165) is 65.1 Å². The number of fused-ring (bicyclic) bond motifs is 1. The molecule has 0 spiro atoms. The molecule has 4 aliphatic rings. The highest BCUT2D eigenvalue weighted by Crippen LogP contribution is 2.54. The second-order valence-electron chi connectivity index (χ2n) is 14.5. The van der Waals surface area contributed by atoms with E-state index in [1.807, 2.05) is 91.1 Å². The summed E-state index contributed by atoms with van der Waals surface area (Å²) in [5.41, 5.74) is 2.36. The highest BCUT2D eigenvalue weighted by atomic mass is 16.6. The van der Waals surface area contributed by atoms with Gasteiger partial charge in [0.05, 0.1) is 6.42 Å². The predicted molar refractivity (Wildman–Crippen MR) is 184 cm³/mol. The SMILES string of the molecule is C[C@@](Cc1c[nH]c2ccccc12)(NC(=O)OC1C2CC3CC(C2)CC1C3)C(=O)N[C@H](CC(=O)OCc1ccccc1)Cc1ccccc1. The van der Waals surface area contributed by atoms with E-state index in [4.69, 9.17) is 9.47 Å². The molecule has 3 N–H and O–H groups in total. The first-order valence-electron chi connectivity index (χ1n) is 17.4. The molecule has 4 saturated carbocycles. The van der Waals surface area contributed by atoms with Crippen molar-refractivity contribution in [2.45, 2.75) is 82.6 Å². The Balaban J connectivity index is 1.10. The average Bonchev–Trinajstić information content (AvgIpc) is 3.48. The summed E-state index contributed by atoms with van der Waals surface area (Å²) in [6, 6.07) is 26.6. The Morgan fingerprint density at radius 3 is 2.15 bits per heavy atom. The molecule has 0 unspecified atom stereocenters. The Kier molecular flexibility index (Phi) is 9.24. The number of benzene rings is 3. The second kappa shape index (κ2) is 13.9.